The summed E-state index contributed by atoms with van der Waals surface area (Å²) in [6.45, 7) is 4.11. The van der Waals surface area contributed by atoms with E-state index in [-0.39, 0.29) is 0 Å². The number of anilines is 2. The van der Waals surface area contributed by atoms with E-state index in [1.165, 1.54) is 0 Å². The van der Waals surface area contributed by atoms with Crippen LogP contribution in [0.3, 0.4) is 0 Å². The first-order valence-corrected chi connectivity index (χ1v) is 8.35. The summed E-state index contributed by atoms with van der Waals surface area (Å²) in [6, 6.07) is 1.82. The smallest absolute Gasteiger partial charge is 0.257 e. The van der Waals surface area contributed by atoms with E-state index in [1.54, 1.807) is 17.1 Å². The van der Waals surface area contributed by atoms with Crippen LogP contribution in [0.5, 0.6) is 0 Å². The largest absolute Gasteiger partial charge is 0.354 e. The fourth-order valence-electron chi connectivity index (χ4n) is 2.06. The molecule has 112 valence electrons. The monoisotopic (exact) mass is 307 g/mol. The van der Waals surface area contributed by atoms with Gasteiger partial charge in [-0.15, -0.1) is 0 Å². The molecule has 0 radical (unpaired) electrons. The molecule has 3 heterocycles. The molecule has 2 aromatic heterocycles. The molecule has 0 bridgehead atoms. The Bertz CT molecular complexity index is 621. The summed E-state index contributed by atoms with van der Waals surface area (Å²) in [4.78, 5) is 15.3. The Morgan fingerprint density at radius 1 is 1.24 bits per heavy atom. The van der Waals surface area contributed by atoms with Gasteiger partial charge in [0, 0.05) is 54.3 Å². The predicted octanol–water partition coefficient (Wildman–Crippen LogP) is 0.0578. The van der Waals surface area contributed by atoms with E-state index in [0.717, 1.165) is 6.54 Å². The van der Waals surface area contributed by atoms with E-state index in [9.17, 15) is 4.21 Å². The van der Waals surface area contributed by atoms with Gasteiger partial charge >= 0.3 is 0 Å². The highest BCUT2D eigenvalue weighted by molar-refractivity contribution is 7.85. The maximum absolute atomic E-state index is 11.5. The van der Waals surface area contributed by atoms with Crippen molar-refractivity contribution in [3.8, 4) is 5.95 Å². The van der Waals surface area contributed by atoms with E-state index in [2.05, 4.69) is 25.4 Å². The van der Waals surface area contributed by atoms with Crippen molar-refractivity contribution in [2.45, 2.75) is 6.92 Å². The van der Waals surface area contributed by atoms with Crippen LogP contribution in [-0.2, 0) is 10.8 Å². The van der Waals surface area contributed by atoms with Crippen molar-refractivity contribution in [2.75, 3.05) is 41.4 Å². The highest BCUT2D eigenvalue weighted by Crippen LogP contribution is 2.15. The van der Waals surface area contributed by atoms with Crippen molar-refractivity contribution < 1.29 is 4.21 Å². The molecule has 1 N–H and O–H groups in total. The molecule has 0 amide bonds. The van der Waals surface area contributed by atoms with Gasteiger partial charge in [0.05, 0.1) is 0 Å². The maximum atomic E-state index is 11.5. The summed E-state index contributed by atoms with van der Waals surface area (Å²) in [7, 11) is -0.724. The number of hydrogen-bond acceptors (Lipinski definition) is 7. The average Bonchev–Trinajstić information content (AvgIpc) is 3.02. The molecule has 1 aliphatic heterocycles. The van der Waals surface area contributed by atoms with Gasteiger partial charge < -0.3 is 10.2 Å². The second-order valence-electron chi connectivity index (χ2n) is 4.58. The summed E-state index contributed by atoms with van der Waals surface area (Å²) in [5.74, 6) is 2.91. The van der Waals surface area contributed by atoms with Crippen LogP contribution in [0.2, 0.25) is 0 Å². The van der Waals surface area contributed by atoms with Crippen LogP contribution in [0.15, 0.2) is 18.5 Å². The Labute approximate surface area is 125 Å². The van der Waals surface area contributed by atoms with E-state index >= 15 is 0 Å². The lowest BCUT2D eigenvalue weighted by molar-refractivity contribution is 0.670. The van der Waals surface area contributed by atoms with Gasteiger partial charge in [0.1, 0.15) is 0 Å². The first kappa shape index (κ1) is 13.9. The van der Waals surface area contributed by atoms with Gasteiger partial charge in [0.2, 0.25) is 11.9 Å². The van der Waals surface area contributed by atoms with Gasteiger partial charge in [-0.3, -0.25) is 4.21 Å². The molecule has 3 rings (SSSR count). The number of hydrogen-bond donors (Lipinski definition) is 1. The van der Waals surface area contributed by atoms with E-state index in [1.807, 2.05) is 17.9 Å². The molecule has 21 heavy (non-hydrogen) atoms. The first-order chi connectivity index (χ1) is 10.3. The second-order valence-corrected chi connectivity index (χ2v) is 6.27. The third kappa shape index (κ3) is 3.18. The topological polar surface area (TPSA) is 88.8 Å². The SMILES string of the molecule is CCNc1nc(N2CCS(=O)CC2)nc(-n2cccn2)n1. The Kier molecular flexibility index (Phi) is 4.09. The lowest BCUT2D eigenvalue weighted by Crippen LogP contribution is -2.39. The van der Waals surface area contributed by atoms with Gasteiger partial charge in [-0.25, -0.2) is 4.68 Å². The fourth-order valence-corrected chi connectivity index (χ4v) is 3.11. The number of nitrogens with zero attached hydrogens (tertiary/aromatic N) is 6. The third-order valence-corrected chi connectivity index (χ3v) is 4.39. The van der Waals surface area contributed by atoms with Crippen LogP contribution in [-0.4, -0.2) is 60.1 Å². The number of rotatable bonds is 4. The van der Waals surface area contributed by atoms with E-state index < -0.39 is 10.8 Å². The highest BCUT2D eigenvalue weighted by atomic mass is 32.2. The molecule has 0 saturated carbocycles. The van der Waals surface area contributed by atoms with Crippen molar-refractivity contribution in [3.05, 3.63) is 18.5 Å². The van der Waals surface area contributed by atoms with Crippen molar-refractivity contribution in [1.82, 2.24) is 24.7 Å². The minimum atomic E-state index is -0.724. The Hall–Kier alpha value is -2.03. The lowest BCUT2D eigenvalue weighted by atomic mass is 10.5. The van der Waals surface area contributed by atoms with Crippen LogP contribution >= 0.6 is 0 Å². The molecule has 0 spiro atoms. The molecular weight excluding hydrogens is 290 g/mol. The van der Waals surface area contributed by atoms with E-state index in [0.29, 0.717) is 42.4 Å². The second kappa shape index (κ2) is 6.17. The Morgan fingerprint density at radius 3 is 2.67 bits per heavy atom. The van der Waals surface area contributed by atoms with Gasteiger partial charge in [-0.05, 0) is 13.0 Å². The third-order valence-electron chi connectivity index (χ3n) is 3.12. The van der Waals surface area contributed by atoms with Crippen LogP contribution in [0.1, 0.15) is 6.92 Å². The Morgan fingerprint density at radius 2 is 2.00 bits per heavy atom. The summed E-state index contributed by atoms with van der Waals surface area (Å²) in [6.07, 6.45) is 3.47. The zero-order valence-corrected chi connectivity index (χ0v) is 12.6. The molecule has 1 aliphatic rings. The van der Waals surface area contributed by atoms with Crippen LogP contribution in [0.25, 0.3) is 5.95 Å². The lowest BCUT2D eigenvalue weighted by Gasteiger charge is -2.26. The molecule has 1 saturated heterocycles. The zero-order chi connectivity index (χ0) is 14.7. The first-order valence-electron chi connectivity index (χ1n) is 6.86. The summed E-state index contributed by atoms with van der Waals surface area (Å²) in [5, 5.41) is 7.26. The molecule has 0 unspecified atom stereocenters. The van der Waals surface area contributed by atoms with Gasteiger partial charge in [-0.2, -0.15) is 20.1 Å². The van der Waals surface area contributed by atoms with Crippen molar-refractivity contribution in [3.63, 3.8) is 0 Å². The number of nitrogens with one attached hydrogen (secondary N) is 1. The average molecular weight is 307 g/mol. The molecular formula is C12H17N7OS. The molecule has 2 aromatic rings. The predicted molar refractivity (Wildman–Crippen MR) is 81.2 cm³/mol. The van der Waals surface area contributed by atoms with Gasteiger partial charge in [-0.1, -0.05) is 0 Å². The molecule has 8 nitrogen and oxygen atoms in total. The molecule has 0 aliphatic carbocycles. The maximum Gasteiger partial charge on any atom is 0.257 e. The minimum absolute atomic E-state index is 0.479. The summed E-state index contributed by atoms with van der Waals surface area (Å²) < 4.78 is 13.1. The Balaban J connectivity index is 1.93. The molecule has 0 atom stereocenters. The molecule has 0 aromatic carbocycles. The standard InChI is InChI=1S/C12H17N7OS/c1-2-13-10-15-11(18-6-8-21(20)9-7-18)17-12(16-10)19-5-3-4-14-19/h3-5H,2,6-9H2,1H3,(H,13,15,16,17). The fraction of sp³-hybridized carbons (Fsp3) is 0.500. The zero-order valence-electron chi connectivity index (χ0n) is 11.8. The summed E-state index contributed by atoms with van der Waals surface area (Å²) >= 11 is 0. The quantitative estimate of drug-likeness (QED) is 0.854. The van der Waals surface area contributed by atoms with Gasteiger partial charge in [0.25, 0.3) is 5.95 Å². The van der Waals surface area contributed by atoms with Crippen LogP contribution in [0, 0.1) is 0 Å². The normalized spacial score (nSPS) is 16.1. The van der Waals surface area contributed by atoms with Gasteiger partial charge in [0.15, 0.2) is 0 Å². The highest BCUT2D eigenvalue weighted by Gasteiger charge is 2.19. The van der Waals surface area contributed by atoms with Crippen molar-refractivity contribution >= 4 is 22.7 Å². The molecule has 1 fully saturated rings. The van der Waals surface area contributed by atoms with Crippen LogP contribution in [0.4, 0.5) is 11.9 Å². The van der Waals surface area contributed by atoms with E-state index in [4.69, 9.17) is 0 Å². The number of aromatic nitrogens is 5. The van der Waals surface area contributed by atoms with Crippen molar-refractivity contribution in [2.24, 2.45) is 0 Å². The van der Waals surface area contributed by atoms with Crippen molar-refractivity contribution in [1.29, 1.82) is 0 Å². The van der Waals surface area contributed by atoms with Crippen LogP contribution < -0.4 is 10.2 Å². The minimum Gasteiger partial charge on any atom is -0.354 e. The molecule has 9 heteroatoms. The summed E-state index contributed by atoms with van der Waals surface area (Å²) in [5.41, 5.74) is 0.